The molecule has 0 bridgehead atoms. The zero-order chi connectivity index (χ0) is 24.5. The normalized spacial score (nSPS) is 12.2. The van der Waals surface area contributed by atoms with E-state index in [1.54, 1.807) is 0 Å². The van der Waals surface area contributed by atoms with Crippen LogP contribution in [-0.4, -0.2) is 20.3 Å². The fourth-order valence-electron chi connectivity index (χ4n) is 5.13. The average molecular weight is 546 g/mol. The first-order chi connectivity index (χ1) is 16.5. The Kier molecular flexibility index (Phi) is 14.4. The van der Waals surface area contributed by atoms with Gasteiger partial charge >= 0.3 is 0 Å². The summed E-state index contributed by atoms with van der Waals surface area (Å²) in [6.07, 6.45) is 17.9. The van der Waals surface area contributed by atoms with Crippen LogP contribution in [0.3, 0.4) is 0 Å². The first-order valence-electron chi connectivity index (χ1n) is 13.8. The van der Waals surface area contributed by atoms with Gasteiger partial charge in [-0.05, 0) is 28.3 Å². The molecule has 0 atom stereocenters. The first-order valence-corrected chi connectivity index (χ1v) is 16.9. The number of alkyl halides is 1. The van der Waals surface area contributed by atoms with Crippen molar-refractivity contribution < 1.29 is 4.43 Å². The Morgan fingerprint density at radius 2 is 0.912 bits per heavy atom. The second-order valence-electron chi connectivity index (χ2n) is 10.8. The molecule has 0 aliphatic carbocycles. The summed E-state index contributed by atoms with van der Waals surface area (Å²) in [6.45, 7) is 7.95. The standard InChI is InChI=1S/C31H49BrOSi/c1-31(2,3)34(29-23-17-15-18-24-29,30-25-19-16-20-26-30)33-28-22-14-12-10-8-6-4-5-7-9-11-13-21-27-32/h15-20,23-26H,4-14,21-22,27-28H2,1-3H3. The van der Waals surface area contributed by atoms with Crippen molar-refractivity contribution in [2.45, 2.75) is 109 Å². The lowest BCUT2D eigenvalue weighted by Gasteiger charge is -2.43. The zero-order valence-electron chi connectivity index (χ0n) is 22.2. The number of halogens is 1. The minimum Gasteiger partial charge on any atom is -0.407 e. The summed E-state index contributed by atoms with van der Waals surface area (Å²) in [4.78, 5) is 0. The van der Waals surface area contributed by atoms with Gasteiger partial charge in [-0.1, -0.05) is 168 Å². The maximum atomic E-state index is 7.01. The minimum atomic E-state index is -2.36. The average Bonchev–Trinajstić information content (AvgIpc) is 2.84. The van der Waals surface area contributed by atoms with E-state index in [1.807, 2.05) is 0 Å². The van der Waals surface area contributed by atoms with Crippen molar-refractivity contribution in [3.05, 3.63) is 60.7 Å². The topological polar surface area (TPSA) is 9.23 Å². The molecule has 0 heterocycles. The molecular formula is C31H49BrOSi. The van der Waals surface area contributed by atoms with Crippen LogP contribution >= 0.6 is 15.9 Å². The van der Waals surface area contributed by atoms with Gasteiger partial charge in [-0.2, -0.15) is 0 Å². The van der Waals surface area contributed by atoms with Crippen molar-refractivity contribution >= 4 is 34.6 Å². The third-order valence-electron chi connectivity index (χ3n) is 7.01. The summed E-state index contributed by atoms with van der Waals surface area (Å²) in [6, 6.07) is 22.0. The van der Waals surface area contributed by atoms with Crippen molar-refractivity contribution in [1.82, 2.24) is 0 Å². The van der Waals surface area contributed by atoms with Gasteiger partial charge in [0.1, 0.15) is 0 Å². The molecule has 0 saturated carbocycles. The van der Waals surface area contributed by atoms with E-state index in [4.69, 9.17) is 4.43 Å². The van der Waals surface area contributed by atoms with Gasteiger partial charge in [0.15, 0.2) is 0 Å². The van der Waals surface area contributed by atoms with Crippen molar-refractivity contribution in [3.8, 4) is 0 Å². The number of hydrogen-bond donors (Lipinski definition) is 0. The molecule has 190 valence electrons. The van der Waals surface area contributed by atoms with Crippen LogP contribution in [0.15, 0.2) is 60.7 Å². The molecule has 0 aromatic heterocycles. The van der Waals surface area contributed by atoms with Crippen LogP contribution in [0.4, 0.5) is 0 Å². The quantitative estimate of drug-likeness (QED) is 0.103. The minimum absolute atomic E-state index is 0.0730. The Morgan fingerprint density at radius 1 is 0.559 bits per heavy atom. The van der Waals surface area contributed by atoms with Crippen LogP contribution in [-0.2, 0) is 4.43 Å². The fraction of sp³-hybridized carbons (Fsp3) is 0.613. The third kappa shape index (κ3) is 9.63. The Bertz CT molecular complexity index is 702. The van der Waals surface area contributed by atoms with E-state index < -0.39 is 8.32 Å². The molecule has 2 aromatic carbocycles. The van der Waals surface area contributed by atoms with Gasteiger partial charge in [-0.15, -0.1) is 0 Å². The molecule has 0 aliphatic rings. The van der Waals surface area contributed by atoms with Crippen LogP contribution in [0.2, 0.25) is 5.04 Å². The summed E-state index contributed by atoms with van der Waals surface area (Å²) < 4.78 is 7.01. The Hall–Kier alpha value is -0.903. The lowest BCUT2D eigenvalue weighted by Crippen LogP contribution is -2.66. The van der Waals surface area contributed by atoms with Gasteiger partial charge in [-0.3, -0.25) is 0 Å². The van der Waals surface area contributed by atoms with Crippen LogP contribution in [0, 0.1) is 0 Å². The summed E-state index contributed by atoms with van der Waals surface area (Å²) in [5.74, 6) is 0. The summed E-state index contributed by atoms with van der Waals surface area (Å²) in [5.41, 5.74) is 0. The number of hydrogen-bond acceptors (Lipinski definition) is 1. The second-order valence-corrected chi connectivity index (χ2v) is 15.9. The predicted octanol–water partition coefficient (Wildman–Crippen LogP) is 9.03. The lowest BCUT2D eigenvalue weighted by atomic mass is 10.0. The van der Waals surface area contributed by atoms with Gasteiger partial charge in [0.05, 0.1) is 0 Å². The molecule has 0 N–H and O–H groups in total. The first kappa shape index (κ1) is 29.3. The highest BCUT2D eigenvalue weighted by molar-refractivity contribution is 9.09. The number of rotatable bonds is 18. The van der Waals surface area contributed by atoms with Crippen molar-refractivity contribution in [3.63, 3.8) is 0 Å². The van der Waals surface area contributed by atoms with Crippen LogP contribution in [0.25, 0.3) is 0 Å². The summed E-state index contributed by atoms with van der Waals surface area (Å²) >= 11 is 3.52. The third-order valence-corrected chi connectivity index (χ3v) is 12.6. The van der Waals surface area contributed by atoms with Gasteiger partial charge in [-0.25, -0.2) is 0 Å². The molecule has 1 nitrogen and oxygen atoms in total. The molecule has 34 heavy (non-hydrogen) atoms. The SMILES string of the molecule is CC(C)(C)[Si](OCCCCCCCCCCCCCCCBr)(c1ccccc1)c1ccccc1. The highest BCUT2D eigenvalue weighted by Gasteiger charge is 2.49. The molecule has 2 rings (SSSR count). The van der Waals surface area contributed by atoms with E-state index >= 15 is 0 Å². The molecule has 0 unspecified atom stereocenters. The van der Waals surface area contributed by atoms with Crippen LogP contribution in [0.5, 0.6) is 0 Å². The van der Waals surface area contributed by atoms with Crippen molar-refractivity contribution in [2.24, 2.45) is 0 Å². The largest absolute Gasteiger partial charge is 0.407 e. The smallest absolute Gasteiger partial charge is 0.261 e. The van der Waals surface area contributed by atoms with E-state index in [0.29, 0.717) is 0 Å². The molecular weight excluding hydrogens is 496 g/mol. The maximum absolute atomic E-state index is 7.01. The van der Waals surface area contributed by atoms with E-state index in [1.165, 1.54) is 99.2 Å². The molecule has 0 radical (unpaired) electrons. The molecule has 0 fully saturated rings. The molecule has 0 spiro atoms. The number of unbranched alkanes of at least 4 members (excludes halogenated alkanes) is 12. The Balaban J connectivity index is 1.73. The van der Waals surface area contributed by atoms with Crippen molar-refractivity contribution in [1.29, 1.82) is 0 Å². The Morgan fingerprint density at radius 3 is 1.26 bits per heavy atom. The van der Waals surface area contributed by atoms with E-state index in [9.17, 15) is 0 Å². The molecule has 0 aliphatic heterocycles. The van der Waals surface area contributed by atoms with Gasteiger partial charge in [0, 0.05) is 11.9 Å². The molecule has 2 aromatic rings. The zero-order valence-corrected chi connectivity index (χ0v) is 24.8. The molecule has 3 heteroatoms. The highest BCUT2D eigenvalue weighted by Crippen LogP contribution is 2.36. The highest BCUT2D eigenvalue weighted by atomic mass is 79.9. The summed E-state index contributed by atoms with van der Waals surface area (Å²) in [5, 5.41) is 4.01. The molecule has 0 amide bonds. The van der Waals surface area contributed by atoms with Gasteiger partial charge in [0.2, 0.25) is 0 Å². The monoisotopic (exact) mass is 544 g/mol. The van der Waals surface area contributed by atoms with Gasteiger partial charge in [0.25, 0.3) is 8.32 Å². The lowest BCUT2D eigenvalue weighted by molar-refractivity contribution is 0.286. The van der Waals surface area contributed by atoms with Crippen LogP contribution < -0.4 is 10.4 Å². The number of benzene rings is 2. The molecule has 0 saturated heterocycles. The van der Waals surface area contributed by atoms with E-state index in [2.05, 4.69) is 97.4 Å². The van der Waals surface area contributed by atoms with Gasteiger partial charge < -0.3 is 4.43 Å². The maximum Gasteiger partial charge on any atom is 0.261 e. The van der Waals surface area contributed by atoms with Crippen LogP contribution in [0.1, 0.15) is 104 Å². The summed E-state index contributed by atoms with van der Waals surface area (Å²) in [7, 11) is -2.36. The van der Waals surface area contributed by atoms with Crippen molar-refractivity contribution in [2.75, 3.05) is 11.9 Å². The second kappa shape index (κ2) is 16.7. The Labute approximate surface area is 220 Å². The fourth-order valence-corrected chi connectivity index (χ4v) is 10.1. The van der Waals surface area contributed by atoms with E-state index in [0.717, 1.165) is 6.61 Å². The predicted molar refractivity (Wildman–Crippen MR) is 157 cm³/mol. The van der Waals surface area contributed by atoms with E-state index in [-0.39, 0.29) is 5.04 Å².